The maximum Gasteiger partial charge on any atom is 0.410 e. The van der Waals surface area contributed by atoms with E-state index in [2.05, 4.69) is 15.9 Å². The van der Waals surface area contributed by atoms with E-state index in [1.165, 1.54) is 17.9 Å². The standard InChI is InChI=1S/C19H27BrN2O6/c1-14(23)27-11-7-5-6-10-21(18(24)28-19(2,3)4)13-15-8-9-16(20)12-17(15)22(25)26/h8-9,12H,5-7,10-11,13H2,1-4H3. The van der Waals surface area contributed by atoms with Crippen LogP contribution in [-0.4, -0.2) is 40.6 Å². The molecule has 1 amide bonds. The Bertz CT molecular complexity index is 702. The van der Waals surface area contributed by atoms with E-state index in [0.717, 1.165) is 6.42 Å². The van der Waals surface area contributed by atoms with Gasteiger partial charge in [0.25, 0.3) is 5.69 Å². The minimum atomic E-state index is -0.670. The van der Waals surface area contributed by atoms with Gasteiger partial charge in [0.1, 0.15) is 5.60 Å². The number of nitro groups is 1. The zero-order chi connectivity index (χ0) is 21.3. The number of nitro benzene ring substituents is 1. The second kappa shape index (κ2) is 11.0. The van der Waals surface area contributed by atoms with Crippen LogP contribution in [0.4, 0.5) is 10.5 Å². The molecule has 0 saturated carbocycles. The van der Waals surface area contributed by atoms with E-state index in [1.807, 2.05) is 0 Å². The van der Waals surface area contributed by atoms with E-state index in [1.54, 1.807) is 32.9 Å². The fourth-order valence-electron chi connectivity index (χ4n) is 2.41. The van der Waals surface area contributed by atoms with E-state index in [0.29, 0.717) is 36.0 Å². The van der Waals surface area contributed by atoms with Gasteiger partial charge in [-0.15, -0.1) is 0 Å². The molecular weight excluding hydrogens is 432 g/mol. The van der Waals surface area contributed by atoms with Gasteiger partial charge in [-0.2, -0.15) is 0 Å². The Morgan fingerprint density at radius 3 is 2.46 bits per heavy atom. The van der Waals surface area contributed by atoms with Gasteiger partial charge in [-0.1, -0.05) is 15.9 Å². The lowest BCUT2D eigenvalue weighted by Gasteiger charge is -2.27. The number of esters is 1. The Morgan fingerprint density at radius 1 is 1.21 bits per heavy atom. The fourth-order valence-corrected chi connectivity index (χ4v) is 2.75. The van der Waals surface area contributed by atoms with Crippen LogP contribution in [0.3, 0.4) is 0 Å². The van der Waals surface area contributed by atoms with E-state index >= 15 is 0 Å². The molecule has 1 aromatic rings. The van der Waals surface area contributed by atoms with Crippen molar-refractivity contribution < 1.29 is 24.0 Å². The molecule has 0 atom stereocenters. The molecule has 1 aromatic carbocycles. The molecule has 0 bridgehead atoms. The highest BCUT2D eigenvalue weighted by molar-refractivity contribution is 9.10. The minimum absolute atomic E-state index is 0.0576. The third-order valence-corrected chi connectivity index (χ3v) is 4.13. The fraction of sp³-hybridized carbons (Fsp3) is 0.579. The highest BCUT2D eigenvalue weighted by atomic mass is 79.9. The molecule has 0 heterocycles. The Labute approximate surface area is 173 Å². The summed E-state index contributed by atoms with van der Waals surface area (Å²) in [5.41, 5.74) is -0.298. The summed E-state index contributed by atoms with van der Waals surface area (Å²) >= 11 is 3.23. The molecule has 0 fully saturated rings. The Balaban J connectivity index is 2.82. The predicted octanol–water partition coefficient (Wildman–Crippen LogP) is 4.83. The van der Waals surface area contributed by atoms with Gasteiger partial charge in [-0.05, 0) is 52.2 Å². The number of carbonyl (C=O) groups is 2. The Kier molecular flexibility index (Phi) is 9.37. The number of carbonyl (C=O) groups excluding carboxylic acids is 2. The van der Waals surface area contributed by atoms with Crippen molar-refractivity contribution in [3.8, 4) is 0 Å². The summed E-state index contributed by atoms with van der Waals surface area (Å²) in [4.78, 5) is 35.7. The van der Waals surface area contributed by atoms with Crippen LogP contribution in [-0.2, 0) is 20.8 Å². The van der Waals surface area contributed by atoms with Crippen molar-refractivity contribution in [1.29, 1.82) is 0 Å². The zero-order valence-corrected chi connectivity index (χ0v) is 18.3. The predicted molar refractivity (Wildman–Crippen MR) is 108 cm³/mol. The lowest BCUT2D eigenvalue weighted by Crippen LogP contribution is -2.37. The number of ether oxygens (including phenoxy) is 2. The smallest absolute Gasteiger partial charge is 0.410 e. The van der Waals surface area contributed by atoms with Crippen LogP contribution in [0.2, 0.25) is 0 Å². The topological polar surface area (TPSA) is 99.0 Å². The maximum atomic E-state index is 12.6. The number of benzene rings is 1. The first-order valence-electron chi connectivity index (χ1n) is 9.03. The van der Waals surface area contributed by atoms with Gasteiger partial charge < -0.3 is 14.4 Å². The van der Waals surface area contributed by atoms with Crippen LogP contribution in [0.5, 0.6) is 0 Å². The van der Waals surface area contributed by atoms with Crippen molar-refractivity contribution >= 4 is 33.7 Å². The second-order valence-electron chi connectivity index (χ2n) is 7.33. The summed E-state index contributed by atoms with van der Waals surface area (Å²) in [5.74, 6) is -0.321. The summed E-state index contributed by atoms with van der Waals surface area (Å²) < 4.78 is 10.9. The number of halogens is 1. The van der Waals surface area contributed by atoms with Crippen molar-refractivity contribution in [3.63, 3.8) is 0 Å². The Morgan fingerprint density at radius 2 is 1.89 bits per heavy atom. The quantitative estimate of drug-likeness (QED) is 0.227. The van der Waals surface area contributed by atoms with Gasteiger partial charge in [-0.25, -0.2) is 4.79 Å². The van der Waals surface area contributed by atoms with Gasteiger partial charge in [0.2, 0.25) is 0 Å². The van der Waals surface area contributed by atoms with Crippen LogP contribution >= 0.6 is 15.9 Å². The molecule has 0 saturated heterocycles. The van der Waals surface area contributed by atoms with Gasteiger partial charge in [0.15, 0.2) is 0 Å². The van der Waals surface area contributed by atoms with Crippen LogP contribution < -0.4 is 0 Å². The zero-order valence-electron chi connectivity index (χ0n) is 16.7. The monoisotopic (exact) mass is 458 g/mol. The number of rotatable bonds is 9. The first-order chi connectivity index (χ1) is 13.0. The van der Waals surface area contributed by atoms with E-state index in [4.69, 9.17) is 9.47 Å². The van der Waals surface area contributed by atoms with Crippen molar-refractivity contribution in [2.45, 2.75) is 59.1 Å². The van der Waals surface area contributed by atoms with Crippen molar-refractivity contribution in [2.24, 2.45) is 0 Å². The molecule has 0 spiro atoms. The molecule has 0 aliphatic heterocycles. The number of hydrogen-bond acceptors (Lipinski definition) is 6. The Hall–Kier alpha value is -2.16. The average molecular weight is 459 g/mol. The number of hydrogen-bond donors (Lipinski definition) is 0. The average Bonchev–Trinajstić information content (AvgIpc) is 2.56. The molecule has 0 aromatic heterocycles. The van der Waals surface area contributed by atoms with Crippen molar-refractivity contribution in [3.05, 3.63) is 38.3 Å². The highest BCUT2D eigenvalue weighted by Crippen LogP contribution is 2.25. The molecule has 8 nitrogen and oxygen atoms in total. The highest BCUT2D eigenvalue weighted by Gasteiger charge is 2.24. The lowest BCUT2D eigenvalue weighted by molar-refractivity contribution is -0.385. The number of amides is 1. The largest absolute Gasteiger partial charge is 0.466 e. The molecule has 0 aliphatic rings. The maximum absolute atomic E-state index is 12.6. The third-order valence-electron chi connectivity index (χ3n) is 3.63. The van der Waals surface area contributed by atoms with E-state index in [-0.39, 0.29) is 18.2 Å². The summed E-state index contributed by atoms with van der Waals surface area (Å²) in [6.45, 7) is 7.44. The molecule has 9 heteroatoms. The molecule has 0 unspecified atom stereocenters. The molecular formula is C19H27BrN2O6. The summed E-state index contributed by atoms with van der Waals surface area (Å²) in [6, 6.07) is 4.75. The normalized spacial score (nSPS) is 11.0. The molecule has 1 rings (SSSR count). The van der Waals surface area contributed by atoms with Gasteiger partial charge in [0.05, 0.1) is 18.1 Å². The van der Waals surface area contributed by atoms with Gasteiger partial charge in [-0.3, -0.25) is 14.9 Å². The molecule has 0 radical (unpaired) electrons. The van der Waals surface area contributed by atoms with Crippen LogP contribution in [0.25, 0.3) is 0 Å². The minimum Gasteiger partial charge on any atom is -0.466 e. The van der Waals surface area contributed by atoms with Gasteiger partial charge >= 0.3 is 12.1 Å². The summed E-state index contributed by atoms with van der Waals surface area (Å²) in [5, 5.41) is 11.4. The molecule has 28 heavy (non-hydrogen) atoms. The number of unbranched alkanes of at least 4 members (excludes halogenated alkanes) is 2. The second-order valence-corrected chi connectivity index (χ2v) is 8.25. The summed E-state index contributed by atoms with van der Waals surface area (Å²) in [6.07, 6.45) is 1.56. The number of nitrogens with zero attached hydrogens (tertiary/aromatic N) is 2. The SMILES string of the molecule is CC(=O)OCCCCCN(Cc1ccc(Br)cc1[N+](=O)[O-])C(=O)OC(C)(C)C. The van der Waals surface area contributed by atoms with Crippen molar-refractivity contribution in [2.75, 3.05) is 13.2 Å². The van der Waals surface area contributed by atoms with E-state index in [9.17, 15) is 19.7 Å². The van der Waals surface area contributed by atoms with Crippen molar-refractivity contribution in [1.82, 2.24) is 4.90 Å². The molecule has 0 N–H and O–H groups in total. The summed E-state index contributed by atoms with van der Waals surface area (Å²) in [7, 11) is 0. The lowest BCUT2D eigenvalue weighted by atomic mass is 10.1. The van der Waals surface area contributed by atoms with Crippen LogP contribution in [0.15, 0.2) is 22.7 Å². The van der Waals surface area contributed by atoms with E-state index < -0.39 is 16.6 Å². The molecule has 0 aliphatic carbocycles. The third kappa shape index (κ3) is 9.16. The van der Waals surface area contributed by atoms with Crippen LogP contribution in [0, 0.1) is 10.1 Å². The first-order valence-corrected chi connectivity index (χ1v) is 9.83. The van der Waals surface area contributed by atoms with Crippen LogP contribution in [0.1, 0.15) is 52.5 Å². The first kappa shape index (κ1) is 23.9. The molecule has 156 valence electrons. The van der Waals surface area contributed by atoms with Gasteiger partial charge in [0, 0.05) is 29.6 Å².